The van der Waals surface area contributed by atoms with Crippen LogP contribution < -0.4 is 9.80 Å². The lowest BCUT2D eigenvalue weighted by atomic mass is 10.1. The summed E-state index contributed by atoms with van der Waals surface area (Å²) in [5, 5.41) is 1.01. The van der Waals surface area contributed by atoms with Gasteiger partial charge in [0.1, 0.15) is 0 Å². The Kier molecular flexibility index (Phi) is 22.0. The van der Waals surface area contributed by atoms with Gasteiger partial charge in [0.2, 0.25) is 0 Å². The summed E-state index contributed by atoms with van der Waals surface area (Å²) in [6.07, 6.45) is 8.97. The van der Waals surface area contributed by atoms with Crippen molar-refractivity contribution in [2.75, 3.05) is 48.1 Å². The van der Waals surface area contributed by atoms with Crippen LogP contribution >= 0.6 is 15.9 Å². The predicted octanol–water partition coefficient (Wildman–Crippen LogP) is 12.6. The van der Waals surface area contributed by atoms with Crippen LogP contribution in [0.3, 0.4) is 0 Å². The van der Waals surface area contributed by atoms with Crippen molar-refractivity contribution in [1.82, 2.24) is 0 Å². The Morgan fingerprint density at radius 2 is 0.961 bits per heavy atom. The first kappa shape index (κ1) is 42.2. The summed E-state index contributed by atoms with van der Waals surface area (Å²) in [5.74, 6) is 0. The molecule has 4 aromatic carbocycles. The van der Waals surface area contributed by atoms with E-state index in [1.54, 1.807) is 0 Å². The van der Waals surface area contributed by atoms with Gasteiger partial charge in [-0.2, -0.15) is 0 Å². The van der Waals surface area contributed by atoms with E-state index in [-0.39, 0.29) is 12.6 Å². The Morgan fingerprint density at radius 3 is 1.39 bits per heavy atom. The van der Waals surface area contributed by atoms with Crippen molar-refractivity contribution in [3.05, 3.63) is 115 Å². The highest BCUT2D eigenvalue weighted by molar-refractivity contribution is 9.09. The highest BCUT2D eigenvalue weighted by Crippen LogP contribution is 2.50. The highest BCUT2D eigenvalue weighted by Gasteiger charge is 2.28. The maximum Gasteiger partial charge on any atom is 0.157 e. The molecule has 2 atom stereocenters. The van der Waals surface area contributed by atoms with Crippen LogP contribution in [0.5, 0.6) is 0 Å². The third-order valence-electron chi connectivity index (χ3n) is 8.20. The third-order valence-corrected chi connectivity index (χ3v) is 8.76. The molecule has 2 unspecified atom stereocenters. The number of halogens is 1. The standard InChI is InChI=1S/C26H28N2O2.C8H15BrO2.C6H6.2C2H6/c1-2-11-21(12-3-1)28-24-15-6-4-13-22(24)27(23-14-5-7-16-25(23)28)18-10-20-30-26-17-8-9-19-29-26;9-5-3-7-11-8-4-1-2-6-10-8;1-2-4-6-5-3-1;2*1-2/h1-7,11-16,26H,8-10,17-20H2;8H,1-7H2;1-6H;2*1-2H3. The lowest BCUT2D eigenvalue weighted by Crippen LogP contribution is -2.29. The fourth-order valence-corrected chi connectivity index (χ4v) is 6.12. The van der Waals surface area contributed by atoms with Gasteiger partial charge in [-0.3, -0.25) is 0 Å². The number of ether oxygens (including phenoxy) is 4. The first-order valence-corrected chi connectivity index (χ1v) is 20.3. The second-order valence-electron chi connectivity index (χ2n) is 11.7. The molecular formula is C44H61BrN2O4. The van der Waals surface area contributed by atoms with Crippen molar-refractivity contribution in [3.8, 4) is 0 Å². The van der Waals surface area contributed by atoms with E-state index in [4.69, 9.17) is 18.9 Å². The van der Waals surface area contributed by atoms with E-state index in [2.05, 4.69) is 105 Å². The van der Waals surface area contributed by atoms with Crippen molar-refractivity contribution in [1.29, 1.82) is 0 Å². The molecule has 51 heavy (non-hydrogen) atoms. The zero-order valence-corrected chi connectivity index (χ0v) is 33.0. The summed E-state index contributed by atoms with van der Waals surface area (Å²) in [5.41, 5.74) is 6.05. The molecule has 3 heterocycles. The Morgan fingerprint density at radius 1 is 0.549 bits per heavy atom. The van der Waals surface area contributed by atoms with E-state index < -0.39 is 0 Å². The molecule has 0 radical (unpaired) electrons. The van der Waals surface area contributed by atoms with Crippen LogP contribution in [0.2, 0.25) is 0 Å². The summed E-state index contributed by atoms with van der Waals surface area (Å²) in [6.45, 7) is 12.1. The molecule has 2 saturated heterocycles. The number of alkyl halides is 1. The number of benzene rings is 4. The van der Waals surface area contributed by atoms with Gasteiger partial charge in [0, 0.05) is 30.8 Å². The average Bonchev–Trinajstić information content (AvgIpc) is 3.23. The van der Waals surface area contributed by atoms with Crippen LogP contribution in [0.1, 0.15) is 79.1 Å². The minimum atomic E-state index is -0.0201. The summed E-state index contributed by atoms with van der Waals surface area (Å²) < 4.78 is 22.5. The van der Waals surface area contributed by atoms with Gasteiger partial charge in [-0.25, -0.2) is 0 Å². The van der Waals surface area contributed by atoms with Gasteiger partial charge in [0.25, 0.3) is 0 Å². The molecule has 3 aliphatic rings. The zero-order valence-electron chi connectivity index (χ0n) is 31.4. The Labute approximate surface area is 317 Å². The fourth-order valence-electron chi connectivity index (χ4n) is 5.90. The molecule has 6 nitrogen and oxygen atoms in total. The van der Waals surface area contributed by atoms with Gasteiger partial charge in [-0.1, -0.05) is 122 Å². The molecule has 0 spiro atoms. The average molecular weight is 762 g/mol. The lowest BCUT2D eigenvalue weighted by Gasteiger charge is -2.40. The van der Waals surface area contributed by atoms with E-state index >= 15 is 0 Å². The number of nitrogens with zero attached hydrogens (tertiary/aromatic N) is 2. The highest BCUT2D eigenvalue weighted by atomic mass is 79.9. The Balaban J connectivity index is 0.000000274. The summed E-state index contributed by atoms with van der Waals surface area (Å²) in [6, 6.07) is 39.9. The number of para-hydroxylation sites is 5. The molecule has 0 amide bonds. The number of hydrogen-bond acceptors (Lipinski definition) is 6. The van der Waals surface area contributed by atoms with Crippen molar-refractivity contribution in [2.24, 2.45) is 0 Å². The summed E-state index contributed by atoms with van der Waals surface area (Å²) >= 11 is 3.35. The maximum atomic E-state index is 5.98. The van der Waals surface area contributed by atoms with Gasteiger partial charge in [0.05, 0.1) is 36.0 Å². The van der Waals surface area contributed by atoms with Crippen molar-refractivity contribution >= 4 is 44.4 Å². The molecule has 7 rings (SSSR count). The second kappa shape index (κ2) is 26.6. The molecule has 3 aliphatic heterocycles. The van der Waals surface area contributed by atoms with Crippen LogP contribution in [0.25, 0.3) is 0 Å². The summed E-state index contributed by atoms with van der Waals surface area (Å²) in [4.78, 5) is 4.78. The van der Waals surface area contributed by atoms with Gasteiger partial charge in [-0.05, 0) is 87.8 Å². The van der Waals surface area contributed by atoms with E-state index in [1.807, 2.05) is 64.1 Å². The van der Waals surface area contributed by atoms with E-state index in [1.165, 1.54) is 47.7 Å². The maximum absolute atomic E-state index is 5.98. The largest absolute Gasteiger partial charge is 0.353 e. The predicted molar refractivity (Wildman–Crippen MR) is 219 cm³/mol. The molecule has 2 fully saturated rings. The van der Waals surface area contributed by atoms with Gasteiger partial charge in [0.15, 0.2) is 12.6 Å². The van der Waals surface area contributed by atoms with Crippen LogP contribution in [-0.2, 0) is 18.9 Å². The topological polar surface area (TPSA) is 43.4 Å². The Hall–Kier alpha value is -3.20. The van der Waals surface area contributed by atoms with Crippen molar-refractivity contribution in [3.63, 3.8) is 0 Å². The molecule has 0 aromatic heterocycles. The number of fused-ring (bicyclic) bond motifs is 2. The van der Waals surface area contributed by atoms with E-state index in [0.29, 0.717) is 6.61 Å². The van der Waals surface area contributed by atoms with Gasteiger partial charge < -0.3 is 28.7 Å². The zero-order chi connectivity index (χ0) is 36.4. The molecule has 0 aliphatic carbocycles. The molecule has 278 valence electrons. The van der Waals surface area contributed by atoms with Crippen molar-refractivity contribution < 1.29 is 18.9 Å². The molecule has 0 saturated carbocycles. The monoisotopic (exact) mass is 760 g/mol. The van der Waals surface area contributed by atoms with Gasteiger partial charge >= 0.3 is 0 Å². The normalized spacial score (nSPS) is 17.3. The first-order valence-electron chi connectivity index (χ1n) is 19.2. The van der Waals surface area contributed by atoms with Crippen molar-refractivity contribution in [2.45, 2.75) is 91.6 Å². The molecule has 0 bridgehead atoms. The number of rotatable bonds is 10. The molecule has 7 heteroatoms. The molecule has 4 aromatic rings. The van der Waals surface area contributed by atoms with E-state index in [0.717, 1.165) is 63.8 Å². The second-order valence-corrected chi connectivity index (χ2v) is 12.5. The lowest BCUT2D eigenvalue weighted by molar-refractivity contribution is -0.162. The summed E-state index contributed by atoms with van der Waals surface area (Å²) in [7, 11) is 0. The smallest absolute Gasteiger partial charge is 0.157 e. The van der Waals surface area contributed by atoms with Crippen LogP contribution in [0.4, 0.5) is 28.4 Å². The van der Waals surface area contributed by atoms with Crippen LogP contribution in [-0.4, -0.2) is 50.9 Å². The minimum absolute atomic E-state index is 0.0201. The van der Waals surface area contributed by atoms with Gasteiger partial charge in [-0.15, -0.1) is 0 Å². The molecule has 0 N–H and O–H groups in total. The Bertz CT molecular complexity index is 1320. The fraction of sp³-hybridized carbons (Fsp3) is 0.455. The quantitative estimate of drug-likeness (QED) is 0.118. The molecular weight excluding hydrogens is 700 g/mol. The first-order chi connectivity index (χ1) is 25.3. The minimum Gasteiger partial charge on any atom is -0.353 e. The number of hydrogen-bond donors (Lipinski definition) is 0. The SMILES string of the molecule is BrCCCOC1CCCCO1.CC.CC.c1ccc(N2c3ccccc3N(CCCOC3CCCCO3)c3ccccc32)cc1.c1ccccc1. The van der Waals surface area contributed by atoms with Crippen LogP contribution in [0, 0.1) is 0 Å². The van der Waals surface area contributed by atoms with Crippen LogP contribution in [0.15, 0.2) is 115 Å². The number of anilines is 5. The van der Waals surface area contributed by atoms with E-state index in [9.17, 15) is 0 Å². The third kappa shape index (κ3) is 14.4.